The summed E-state index contributed by atoms with van der Waals surface area (Å²) in [4.78, 5) is 12.4. The molecule has 0 saturated heterocycles. The molecule has 0 radical (unpaired) electrons. The summed E-state index contributed by atoms with van der Waals surface area (Å²) in [6.45, 7) is 3.65. The van der Waals surface area contributed by atoms with Crippen LogP contribution in [0.5, 0.6) is 11.5 Å². The monoisotopic (exact) mass is 406 g/mol. The summed E-state index contributed by atoms with van der Waals surface area (Å²) in [6.07, 6.45) is 1.05. The number of methoxy groups -OCH3 is 1. The normalized spacial score (nSPS) is 12.1. The molecule has 1 atom stereocenters. The van der Waals surface area contributed by atoms with Crippen LogP contribution in [0, 0.1) is 6.92 Å². The first-order valence-electron chi connectivity index (χ1n) is 8.81. The molecule has 1 N–H and O–H groups in total. The van der Waals surface area contributed by atoms with Crippen molar-refractivity contribution < 1.29 is 22.7 Å². The molecule has 0 aliphatic heterocycles. The van der Waals surface area contributed by atoms with Gasteiger partial charge in [-0.1, -0.05) is 30.3 Å². The number of carbonyl (C=O) groups excluding carboxylic acids is 1. The Hall–Kier alpha value is -2.74. The number of para-hydroxylation sites is 3. The third-order valence-electron chi connectivity index (χ3n) is 4.03. The maximum absolute atomic E-state index is 12.4. The Bertz CT molecular complexity index is 914. The van der Waals surface area contributed by atoms with Crippen molar-refractivity contribution >= 4 is 21.6 Å². The number of nitrogens with zero attached hydrogens (tertiary/aromatic N) is 1. The molecule has 1 amide bonds. The highest BCUT2D eigenvalue weighted by atomic mass is 32.2. The Morgan fingerprint density at radius 2 is 1.71 bits per heavy atom. The van der Waals surface area contributed by atoms with Crippen molar-refractivity contribution in [3.8, 4) is 11.5 Å². The minimum atomic E-state index is -3.68. The molecule has 0 bridgehead atoms. The Morgan fingerprint density at radius 3 is 2.32 bits per heavy atom. The minimum Gasteiger partial charge on any atom is -0.495 e. The molecule has 0 unspecified atom stereocenters. The number of sulfonamides is 1. The van der Waals surface area contributed by atoms with Crippen LogP contribution in [0.2, 0.25) is 0 Å². The lowest BCUT2D eigenvalue weighted by Gasteiger charge is -2.24. The number of amides is 1. The Kier molecular flexibility index (Phi) is 7.28. The van der Waals surface area contributed by atoms with Crippen LogP contribution < -0.4 is 19.1 Å². The van der Waals surface area contributed by atoms with Crippen molar-refractivity contribution in [1.82, 2.24) is 5.32 Å². The number of anilines is 1. The Labute approximate surface area is 166 Å². The van der Waals surface area contributed by atoms with Crippen LogP contribution in [-0.4, -0.2) is 46.9 Å². The van der Waals surface area contributed by atoms with Gasteiger partial charge in [-0.15, -0.1) is 0 Å². The van der Waals surface area contributed by atoms with Gasteiger partial charge in [0.15, 0.2) is 0 Å². The molecule has 7 nitrogen and oxygen atoms in total. The molecule has 0 fully saturated rings. The van der Waals surface area contributed by atoms with Gasteiger partial charge in [0.25, 0.3) is 0 Å². The van der Waals surface area contributed by atoms with Crippen molar-refractivity contribution in [2.24, 2.45) is 0 Å². The molecule has 8 heteroatoms. The third-order valence-corrected chi connectivity index (χ3v) is 5.16. The van der Waals surface area contributed by atoms with Crippen molar-refractivity contribution in [3.05, 3.63) is 54.1 Å². The minimum absolute atomic E-state index is 0.268. The second-order valence-corrected chi connectivity index (χ2v) is 8.39. The van der Waals surface area contributed by atoms with Gasteiger partial charge in [-0.2, -0.15) is 0 Å². The van der Waals surface area contributed by atoms with Crippen molar-refractivity contribution in [2.75, 3.05) is 30.8 Å². The van der Waals surface area contributed by atoms with E-state index in [1.165, 1.54) is 7.11 Å². The molecule has 0 aliphatic carbocycles. The predicted molar refractivity (Wildman–Crippen MR) is 109 cm³/mol. The van der Waals surface area contributed by atoms with Crippen molar-refractivity contribution in [3.63, 3.8) is 0 Å². The largest absolute Gasteiger partial charge is 0.495 e. The number of benzene rings is 2. The van der Waals surface area contributed by atoms with Crippen LogP contribution in [0.1, 0.15) is 12.5 Å². The van der Waals surface area contributed by atoms with Crippen LogP contribution in [0.4, 0.5) is 5.69 Å². The van der Waals surface area contributed by atoms with Crippen LogP contribution in [-0.2, 0) is 14.8 Å². The maximum Gasteiger partial charge on any atom is 0.241 e. The van der Waals surface area contributed by atoms with Crippen LogP contribution in [0.25, 0.3) is 0 Å². The van der Waals surface area contributed by atoms with Crippen LogP contribution in [0.3, 0.4) is 0 Å². The first kappa shape index (κ1) is 21.6. The Balaban J connectivity index is 2.03. The van der Waals surface area contributed by atoms with E-state index >= 15 is 0 Å². The standard InChI is InChI=1S/C20H26N2O5S/c1-15-9-5-7-11-18(15)27-14-16(2)21-20(23)13-22(28(4,24)25)17-10-6-8-12-19(17)26-3/h5-12,16H,13-14H2,1-4H3,(H,21,23)/t16-/m1/s1. The zero-order chi connectivity index (χ0) is 20.7. The summed E-state index contributed by atoms with van der Waals surface area (Å²) in [5.74, 6) is 0.684. The molecule has 28 heavy (non-hydrogen) atoms. The molecule has 2 aromatic rings. The van der Waals surface area contributed by atoms with E-state index in [-0.39, 0.29) is 19.2 Å². The quantitative estimate of drug-likeness (QED) is 0.691. The predicted octanol–water partition coefficient (Wildman–Crippen LogP) is 2.35. The third kappa shape index (κ3) is 5.88. The number of nitrogens with one attached hydrogen (secondary N) is 1. The van der Waals surface area contributed by atoms with E-state index in [0.717, 1.165) is 21.9 Å². The van der Waals surface area contributed by atoms with Gasteiger partial charge in [0.05, 0.1) is 25.1 Å². The average Bonchev–Trinajstić information content (AvgIpc) is 2.64. The molecule has 2 rings (SSSR count). The van der Waals surface area contributed by atoms with Gasteiger partial charge in [-0.3, -0.25) is 9.10 Å². The second kappa shape index (κ2) is 9.45. The van der Waals surface area contributed by atoms with Gasteiger partial charge < -0.3 is 14.8 Å². The number of hydrogen-bond donors (Lipinski definition) is 1. The van der Waals surface area contributed by atoms with Crippen molar-refractivity contribution in [2.45, 2.75) is 19.9 Å². The molecule has 0 spiro atoms. The summed E-state index contributed by atoms with van der Waals surface area (Å²) in [5.41, 5.74) is 1.31. The number of carbonyl (C=O) groups is 1. The topological polar surface area (TPSA) is 84.9 Å². The van der Waals surface area contributed by atoms with E-state index < -0.39 is 15.9 Å². The van der Waals surface area contributed by atoms with Gasteiger partial charge >= 0.3 is 0 Å². The smallest absolute Gasteiger partial charge is 0.241 e. The number of hydrogen-bond acceptors (Lipinski definition) is 5. The van der Waals surface area contributed by atoms with Gasteiger partial charge in [-0.05, 0) is 37.6 Å². The highest BCUT2D eigenvalue weighted by Crippen LogP contribution is 2.29. The molecule has 0 aromatic heterocycles. The fourth-order valence-electron chi connectivity index (χ4n) is 2.64. The van der Waals surface area contributed by atoms with E-state index in [0.29, 0.717) is 11.4 Å². The van der Waals surface area contributed by atoms with E-state index in [1.54, 1.807) is 31.2 Å². The zero-order valence-corrected chi connectivity index (χ0v) is 17.3. The fourth-order valence-corrected chi connectivity index (χ4v) is 3.50. The van der Waals surface area contributed by atoms with Crippen LogP contribution in [0.15, 0.2) is 48.5 Å². The summed E-state index contributed by atoms with van der Waals surface area (Å²) in [5, 5.41) is 2.77. The highest BCUT2D eigenvalue weighted by Gasteiger charge is 2.24. The summed E-state index contributed by atoms with van der Waals surface area (Å²) >= 11 is 0. The van der Waals surface area contributed by atoms with Gasteiger partial charge in [-0.25, -0.2) is 8.42 Å². The molecular formula is C20H26N2O5S. The summed E-state index contributed by atoms with van der Waals surface area (Å²) < 4.78 is 36.4. The number of rotatable bonds is 9. The zero-order valence-electron chi connectivity index (χ0n) is 16.5. The summed E-state index contributed by atoms with van der Waals surface area (Å²) in [7, 11) is -2.23. The lowest BCUT2D eigenvalue weighted by atomic mass is 10.2. The molecule has 0 heterocycles. The number of ether oxygens (including phenoxy) is 2. The van der Waals surface area contributed by atoms with E-state index in [1.807, 2.05) is 31.2 Å². The van der Waals surface area contributed by atoms with Crippen LogP contribution >= 0.6 is 0 Å². The van der Waals surface area contributed by atoms with E-state index in [4.69, 9.17) is 9.47 Å². The van der Waals surface area contributed by atoms with E-state index in [9.17, 15) is 13.2 Å². The van der Waals surface area contributed by atoms with Gasteiger partial charge in [0, 0.05) is 0 Å². The Morgan fingerprint density at radius 1 is 1.11 bits per heavy atom. The highest BCUT2D eigenvalue weighted by molar-refractivity contribution is 7.92. The molecule has 2 aromatic carbocycles. The summed E-state index contributed by atoms with van der Waals surface area (Å²) in [6, 6.07) is 14.0. The average molecular weight is 407 g/mol. The van der Waals surface area contributed by atoms with E-state index in [2.05, 4.69) is 5.32 Å². The first-order chi connectivity index (χ1) is 13.2. The number of aryl methyl sites for hydroxylation is 1. The molecule has 152 valence electrons. The molecule has 0 saturated carbocycles. The first-order valence-corrected chi connectivity index (χ1v) is 10.7. The fraction of sp³-hybridized carbons (Fsp3) is 0.350. The maximum atomic E-state index is 12.4. The second-order valence-electron chi connectivity index (χ2n) is 6.49. The lowest BCUT2D eigenvalue weighted by Crippen LogP contribution is -2.45. The molecular weight excluding hydrogens is 380 g/mol. The van der Waals surface area contributed by atoms with Gasteiger partial charge in [0.2, 0.25) is 15.9 Å². The van der Waals surface area contributed by atoms with Gasteiger partial charge in [0.1, 0.15) is 24.7 Å². The SMILES string of the molecule is COc1ccccc1N(CC(=O)N[C@H](C)COc1ccccc1C)S(C)(=O)=O. The lowest BCUT2D eigenvalue weighted by molar-refractivity contribution is -0.120. The van der Waals surface area contributed by atoms with Crippen molar-refractivity contribution in [1.29, 1.82) is 0 Å². The molecule has 0 aliphatic rings.